The van der Waals surface area contributed by atoms with E-state index in [2.05, 4.69) is 26.0 Å². The summed E-state index contributed by atoms with van der Waals surface area (Å²) >= 11 is 3.18. The highest BCUT2D eigenvalue weighted by molar-refractivity contribution is 9.10. The van der Waals surface area contributed by atoms with Gasteiger partial charge in [0.15, 0.2) is 5.75 Å². The highest BCUT2D eigenvalue weighted by Gasteiger charge is 2.30. The van der Waals surface area contributed by atoms with Crippen LogP contribution in [0.1, 0.15) is 34.7 Å². The lowest BCUT2D eigenvalue weighted by Crippen LogP contribution is -2.48. The standard InChI is InChI=1S/C19H19BrN2O6S/c20-12-3-4-16(23)17(7-12)29(26,27)22-15-6-11(10-1-2-10)5-14(18(15)24)19(25)21-13-8-28-9-13/h3-7,10,13,22-24H,1-2,8-9H2,(H,21,25). The summed E-state index contributed by atoms with van der Waals surface area (Å²) in [5.41, 5.74) is 0.662. The van der Waals surface area contributed by atoms with Crippen LogP contribution < -0.4 is 10.0 Å². The smallest absolute Gasteiger partial charge is 0.265 e. The Bertz CT molecular complexity index is 1080. The van der Waals surface area contributed by atoms with Gasteiger partial charge >= 0.3 is 0 Å². The van der Waals surface area contributed by atoms with Crippen LogP contribution in [0.15, 0.2) is 39.7 Å². The fraction of sp³-hybridized carbons (Fsp3) is 0.316. The Morgan fingerprint density at radius 1 is 1.14 bits per heavy atom. The average molecular weight is 483 g/mol. The van der Waals surface area contributed by atoms with Crippen molar-refractivity contribution in [2.24, 2.45) is 0 Å². The molecule has 2 fully saturated rings. The van der Waals surface area contributed by atoms with E-state index in [0.717, 1.165) is 18.4 Å². The first kappa shape index (κ1) is 20.0. The van der Waals surface area contributed by atoms with Crippen molar-refractivity contribution >= 4 is 37.5 Å². The van der Waals surface area contributed by atoms with Gasteiger partial charge in [0, 0.05) is 4.47 Å². The van der Waals surface area contributed by atoms with Gasteiger partial charge in [-0.15, -0.1) is 0 Å². The van der Waals surface area contributed by atoms with Gasteiger partial charge in [0.1, 0.15) is 10.6 Å². The molecule has 1 saturated heterocycles. The molecule has 29 heavy (non-hydrogen) atoms. The van der Waals surface area contributed by atoms with Crippen molar-refractivity contribution in [2.75, 3.05) is 17.9 Å². The number of anilines is 1. The summed E-state index contributed by atoms with van der Waals surface area (Å²) in [5, 5.41) is 23.4. The molecule has 2 aromatic rings. The van der Waals surface area contributed by atoms with E-state index in [1.165, 1.54) is 24.3 Å². The van der Waals surface area contributed by atoms with Gasteiger partial charge in [0.05, 0.1) is 30.5 Å². The topological polar surface area (TPSA) is 125 Å². The minimum atomic E-state index is -4.21. The zero-order valence-electron chi connectivity index (χ0n) is 15.2. The fourth-order valence-corrected chi connectivity index (χ4v) is 4.74. The molecular weight excluding hydrogens is 464 g/mol. The zero-order valence-corrected chi connectivity index (χ0v) is 17.6. The van der Waals surface area contributed by atoms with E-state index in [0.29, 0.717) is 17.7 Å². The predicted molar refractivity (Wildman–Crippen MR) is 109 cm³/mol. The molecule has 1 aliphatic heterocycles. The van der Waals surface area contributed by atoms with Gasteiger partial charge < -0.3 is 20.3 Å². The molecule has 2 aromatic carbocycles. The molecule has 0 bridgehead atoms. The van der Waals surface area contributed by atoms with Crippen LogP contribution in [-0.4, -0.2) is 43.8 Å². The second-order valence-corrected chi connectivity index (χ2v) is 9.73. The van der Waals surface area contributed by atoms with Crippen molar-refractivity contribution in [1.29, 1.82) is 0 Å². The molecule has 1 heterocycles. The minimum absolute atomic E-state index is 0.00235. The molecule has 2 aliphatic rings. The van der Waals surface area contributed by atoms with Crippen LogP contribution >= 0.6 is 15.9 Å². The molecule has 0 atom stereocenters. The number of ether oxygens (including phenoxy) is 1. The summed E-state index contributed by atoms with van der Waals surface area (Å²) < 4.78 is 33.4. The van der Waals surface area contributed by atoms with Crippen LogP contribution in [-0.2, 0) is 14.8 Å². The number of carbonyl (C=O) groups excluding carboxylic acids is 1. The summed E-state index contributed by atoms with van der Waals surface area (Å²) in [6.45, 7) is 0.799. The van der Waals surface area contributed by atoms with Crippen molar-refractivity contribution in [3.63, 3.8) is 0 Å². The van der Waals surface area contributed by atoms with Crippen molar-refractivity contribution in [1.82, 2.24) is 5.32 Å². The van der Waals surface area contributed by atoms with Crippen molar-refractivity contribution in [3.05, 3.63) is 45.9 Å². The Kier molecular flexibility index (Phi) is 5.18. The lowest BCUT2D eigenvalue weighted by atomic mass is 10.0. The van der Waals surface area contributed by atoms with Gasteiger partial charge in [0.25, 0.3) is 15.9 Å². The van der Waals surface area contributed by atoms with Crippen LogP contribution in [0.25, 0.3) is 0 Å². The highest BCUT2D eigenvalue weighted by Crippen LogP contribution is 2.44. The van der Waals surface area contributed by atoms with Crippen LogP contribution in [0.2, 0.25) is 0 Å². The number of amides is 1. The Morgan fingerprint density at radius 3 is 2.48 bits per heavy atom. The number of phenols is 2. The molecule has 1 saturated carbocycles. The van der Waals surface area contributed by atoms with Gasteiger partial charge in [-0.2, -0.15) is 0 Å². The number of benzene rings is 2. The van der Waals surface area contributed by atoms with Crippen LogP contribution in [0, 0.1) is 0 Å². The quantitative estimate of drug-likeness (QED) is 0.469. The number of hydrogen-bond donors (Lipinski definition) is 4. The first-order valence-electron chi connectivity index (χ1n) is 9.01. The molecule has 0 spiro atoms. The van der Waals surface area contributed by atoms with Gasteiger partial charge in [-0.25, -0.2) is 8.42 Å². The van der Waals surface area contributed by atoms with E-state index in [-0.39, 0.29) is 28.1 Å². The van der Waals surface area contributed by atoms with Crippen molar-refractivity contribution in [3.8, 4) is 11.5 Å². The minimum Gasteiger partial charge on any atom is -0.507 e. The maximum atomic E-state index is 12.8. The zero-order chi connectivity index (χ0) is 20.8. The molecule has 0 radical (unpaired) electrons. The summed E-state index contributed by atoms with van der Waals surface area (Å²) in [5.74, 6) is -1.17. The molecule has 0 aromatic heterocycles. The average Bonchev–Trinajstić information content (AvgIpc) is 3.46. The predicted octanol–water partition coefficient (Wildman–Crippen LogP) is 2.67. The van der Waals surface area contributed by atoms with Gasteiger partial charge in [-0.1, -0.05) is 15.9 Å². The number of phenolic OH excluding ortho intramolecular Hbond substituents is 2. The molecule has 4 N–H and O–H groups in total. The molecule has 154 valence electrons. The normalized spacial score (nSPS) is 16.9. The third-order valence-electron chi connectivity index (χ3n) is 4.85. The maximum absolute atomic E-state index is 12.8. The number of carbonyl (C=O) groups is 1. The number of halogens is 1. The second-order valence-electron chi connectivity index (χ2n) is 7.16. The molecule has 1 aliphatic carbocycles. The number of hydrogen-bond acceptors (Lipinski definition) is 6. The lowest BCUT2D eigenvalue weighted by Gasteiger charge is -2.27. The third-order valence-corrected chi connectivity index (χ3v) is 6.74. The van der Waals surface area contributed by atoms with E-state index in [1.807, 2.05) is 0 Å². The lowest BCUT2D eigenvalue weighted by molar-refractivity contribution is -0.00350. The van der Waals surface area contributed by atoms with E-state index in [4.69, 9.17) is 4.74 Å². The Morgan fingerprint density at radius 2 is 1.86 bits per heavy atom. The molecule has 1 amide bonds. The first-order valence-corrected chi connectivity index (χ1v) is 11.3. The van der Waals surface area contributed by atoms with Crippen LogP contribution in [0.4, 0.5) is 5.69 Å². The number of nitrogens with one attached hydrogen (secondary N) is 2. The first-order chi connectivity index (χ1) is 13.7. The Labute approximate surface area is 176 Å². The Hall–Kier alpha value is -2.30. The van der Waals surface area contributed by atoms with Gasteiger partial charge in [0.2, 0.25) is 0 Å². The third kappa shape index (κ3) is 4.19. The highest BCUT2D eigenvalue weighted by atomic mass is 79.9. The Balaban J connectivity index is 1.70. The molecular formula is C19H19BrN2O6S. The number of aromatic hydroxyl groups is 2. The van der Waals surface area contributed by atoms with E-state index >= 15 is 0 Å². The van der Waals surface area contributed by atoms with Crippen molar-refractivity contribution in [2.45, 2.75) is 29.7 Å². The summed E-state index contributed by atoms with van der Waals surface area (Å²) in [6, 6.07) is 7.00. The van der Waals surface area contributed by atoms with Crippen LogP contribution in [0.5, 0.6) is 11.5 Å². The second kappa shape index (κ2) is 7.51. The molecule has 4 rings (SSSR count). The summed E-state index contributed by atoms with van der Waals surface area (Å²) in [4.78, 5) is 12.3. The summed E-state index contributed by atoms with van der Waals surface area (Å²) in [7, 11) is -4.21. The summed E-state index contributed by atoms with van der Waals surface area (Å²) in [6.07, 6.45) is 1.86. The number of rotatable bonds is 6. The van der Waals surface area contributed by atoms with E-state index in [1.54, 1.807) is 6.07 Å². The van der Waals surface area contributed by atoms with Crippen molar-refractivity contribution < 1.29 is 28.2 Å². The molecule has 8 nitrogen and oxygen atoms in total. The maximum Gasteiger partial charge on any atom is 0.265 e. The van der Waals surface area contributed by atoms with Crippen LogP contribution in [0.3, 0.4) is 0 Å². The SMILES string of the molecule is O=C(NC1COC1)c1cc(C2CC2)cc(NS(=O)(=O)c2cc(Br)ccc2O)c1O. The van der Waals surface area contributed by atoms with E-state index in [9.17, 15) is 23.4 Å². The monoisotopic (exact) mass is 482 g/mol. The fourth-order valence-electron chi connectivity index (χ4n) is 3.05. The van der Waals surface area contributed by atoms with Gasteiger partial charge in [-0.3, -0.25) is 9.52 Å². The largest absolute Gasteiger partial charge is 0.507 e. The van der Waals surface area contributed by atoms with Gasteiger partial charge in [-0.05, 0) is 54.7 Å². The van der Waals surface area contributed by atoms with E-state index < -0.39 is 27.4 Å². The number of sulfonamides is 1. The molecule has 10 heteroatoms. The molecule has 0 unspecified atom stereocenters.